The maximum absolute atomic E-state index is 5.09. The van der Waals surface area contributed by atoms with Crippen LogP contribution in [0.5, 0.6) is 0 Å². The second-order valence-electron chi connectivity index (χ2n) is 0.578. The molecule has 0 aliphatic rings. The number of halogens is 2. The van der Waals surface area contributed by atoms with Crippen LogP contribution >= 0.6 is 23.2 Å². The highest BCUT2D eigenvalue weighted by atomic mass is 35.5. The molecule has 0 aliphatic heterocycles. The Bertz CT molecular complexity index is 46.8. The van der Waals surface area contributed by atoms with E-state index in [9.17, 15) is 0 Å². The van der Waals surface area contributed by atoms with E-state index in [0.717, 1.165) is 0 Å². The fraction of sp³-hybridized carbons (Fsp3) is 0.333. The van der Waals surface area contributed by atoms with Crippen LogP contribution in [-0.4, -0.2) is 0 Å². The Morgan fingerprint density at radius 3 is 2.00 bits per heavy atom. The molecule has 0 aromatic carbocycles. The second kappa shape index (κ2) is 2.55. The Kier molecular flexibility index (Phi) is 2.71. The summed E-state index contributed by atoms with van der Waals surface area (Å²) in [5.74, 6) is 0. The molecule has 32 valence electrons. The number of hydrogen-bond acceptors (Lipinski definition) is 0. The summed E-state index contributed by atoms with van der Waals surface area (Å²) in [6, 6.07) is 0. The van der Waals surface area contributed by atoms with Crippen molar-refractivity contribution < 1.29 is 1.43 Å². The molecule has 0 radical (unpaired) electrons. The zero-order chi connectivity index (χ0) is 4.28. The van der Waals surface area contributed by atoms with Crippen LogP contribution in [0.2, 0.25) is 0 Å². The van der Waals surface area contributed by atoms with Gasteiger partial charge in [0, 0.05) is 1.43 Å². The Labute approximate surface area is 42.9 Å². The molecule has 0 nitrogen and oxygen atoms in total. The summed E-state index contributed by atoms with van der Waals surface area (Å²) in [5, 5.41) is 0. The monoisotopic (exact) mass is 112 g/mol. The first-order valence-corrected chi connectivity index (χ1v) is 2.00. The van der Waals surface area contributed by atoms with E-state index in [1.807, 2.05) is 0 Å². The third-order valence-corrected chi connectivity index (χ3v) is 0.655. The molecular formula is C3H6Cl2. The zero-order valence-electron chi connectivity index (χ0n) is 2.83. The van der Waals surface area contributed by atoms with Crippen molar-refractivity contribution in [3.05, 3.63) is 10.6 Å². The van der Waals surface area contributed by atoms with Gasteiger partial charge >= 0.3 is 0 Å². The third-order valence-electron chi connectivity index (χ3n) is 0.218. The average molecular weight is 113 g/mol. The van der Waals surface area contributed by atoms with Crippen molar-refractivity contribution in [3.63, 3.8) is 0 Å². The summed E-state index contributed by atoms with van der Waals surface area (Å²) in [5.41, 5.74) is 0. The van der Waals surface area contributed by atoms with Crippen LogP contribution in [0.25, 0.3) is 0 Å². The van der Waals surface area contributed by atoms with Crippen LogP contribution in [0.1, 0.15) is 8.35 Å². The van der Waals surface area contributed by atoms with E-state index in [2.05, 4.69) is 0 Å². The lowest BCUT2D eigenvalue weighted by Crippen LogP contribution is -1.38. The highest BCUT2D eigenvalue weighted by molar-refractivity contribution is 6.55. The fourth-order valence-electron chi connectivity index (χ4n) is 0. The lowest BCUT2D eigenvalue weighted by molar-refractivity contribution is 1.76. The van der Waals surface area contributed by atoms with Gasteiger partial charge in [0.25, 0.3) is 0 Å². The van der Waals surface area contributed by atoms with Gasteiger partial charge in [0.05, 0.1) is 0 Å². The standard InChI is InChI=1S/C3H4Cl2.H2/c1-2-3(4)5;/h2H,1H3;1H. The highest BCUT2D eigenvalue weighted by Gasteiger charge is 1.68. The molecule has 0 spiro atoms. The molecule has 0 bridgehead atoms. The topological polar surface area (TPSA) is 0 Å². The molecule has 0 unspecified atom stereocenters. The van der Waals surface area contributed by atoms with Gasteiger partial charge in [-0.25, -0.2) is 0 Å². The summed E-state index contributed by atoms with van der Waals surface area (Å²) >= 11 is 10.2. The van der Waals surface area contributed by atoms with Gasteiger partial charge in [0.15, 0.2) is 0 Å². The molecular weight excluding hydrogens is 107 g/mol. The maximum atomic E-state index is 5.09. The lowest BCUT2D eigenvalue weighted by atomic mass is 10.8. The first kappa shape index (κ1) is 5.32. The SMILES string of the molecule is CC=C(Cl)Cl.[HH]. The number of hydrogen-bond donors (Lipinski definition) is 0. The summed E-state index contributed by atoms with van der Waals surface area (Å²) in [6.07, 6.45) is 1.61. The van der Waals surface area contributed by atoms with Gasteiger partial charge in [0.2, 0.25) is 0 Å². The van der Waals surface area contributed by atoms with E-state index in [4.69, 9.17) is 23.2 Å². The molecule has 0 saturated heterocycles. The molecule has 0 amide bonds. The van der Waals surface area contributed by atoms with Crippen LogP contribution in [0.3, 0.4) is 0 Å². The molecule has 0 aromatic rings. The van der Waals surface area contributed by atoms with Crippen molar-refractivity contribution in [3.8, 4) is 0 Å². The first-order valence-electron chi connectivity index (χ1n) is 1.24. The van der Waals surface area contributed by atoms with Crippen molar-refractivity contribution in [1.29, 1.82) is 0 Å². The largest absolute Gasteiger partial charge is 0.102 e. The molecule has 0 heterocycles. The van der Waals surface area contributed by atoms with Crippen LogP contribution in [0.15, 0.2) is 10.6 Å². The molecule has 0 atom stereocenters. The second-order valence-corrected chi connectivity index (χ2v) is 1.59. The predicted octanol–water partition coefficient (Wildman–Crippen LogP) is 2.57. The maximum Gasteiger partial charge on any atom is 0.102 e. The highest BCUT2D eigenvalue weighted by Crippen LogP contribution is 2.03. The number of allylic oxidation sites excluding steroid dienone is 1. The van der Waals surface area contributed by atoms with Gasteiger partial charge in [-0.2, -0.15) is 0 Å². The molecule has 5 heavy (non-hydrogen) atoms. The number of rotatable bonds is 0. The zero-order valence-corrected chi connectivity index (χ0v) is 4.35. The van der Waals surface area contributed by atoms with Crippen molar-refractivity contribution in [2.45, 2.75) is 6.92 Å². The van der Waals surface area contributed by atoms with Gasteiger partial charge in [0.1, 0.15) is 4.49 Å². The summed E-state index contributed by atoms with van der Waals surface area (Å²) in [4.78, 5) is 0. The van der Waals surface area contributed by atoms with Crippen molar-refractivity contribution in [2.75, 3.05) is 0 Å². The molecule has 0 N–H and O–H groups in total. The smallest absolute Gasteiger partial charge is 0.0713 e. The quantitative estimate of drug-likeness (QED) is 0.452. The fourth-order valence-corrected chi connectivity index (χ4v) is 0. The van der Waals surface area contributed by atoms with Crippen LogP contribution in [0.4, 0.5) is 0 Å². The summed E-state index contributed by atoms with van der Waals surface area (Å²) in [6.45, 7) is 1.77. The van der Waals surface area contributed by atoms with Crippen LogP contribution in [-0.2, 0) is 0 Å². The summed E-state index contributed by atoms with van der Waals surface area (Å²) in [7, 11) is 0. The minimum Gasteiger partial charge on any atom is -0.0713 e. The minimum atomic E-state index is 0. The van der Waals surface area contributed by atoms with Gasteiger partial charge in [-0.1, -0.05) is 29.3 Å². The Balaban J connectivity index is 0. The van der Waals surface area contributed by atoms with Crippen molar-refractivity contribution in [1.82, 2.24) is 0 Å². The van der Waals surface area contributed by atoms with Gasteiger partial charge in [-0.3, -0.25) is 0 Å². The van der Waals surface area contributed by atoms with Gasteiger partial charge < -0.3 is 0 Å². The molecule has 0 fully saturated rings. The van der Waals surface area contributed by atoms with E-state index >= 15 is 0 Å². The van der Waals surface area contributed by atoms with E-state index in [-0.39, 0.29) is 1.43 Å². The summed E-state index contributed by atoms with van der Waals surface area (Å²) < 4.78 is 0.324. The van der Waals surface area contributed by atoms with Gasteiger partial charge in [-0.15, -0.1) is 0 Å². The Morgan fingerprint density at radius 1 is 1.80 bits per heavy atom. The first-order chi connectivity index (χ1) is 2.27. The molecule has 0 rings (SSSR count). The van der Waals surface area contributed by atoms with Crippen LogP contribution < -0.4 is 0 Å². The van der Waals surface area contributed by atoms with E-state index < -0.39 is 0 Å². The molecule has 0 aliphatic carbocycles. The Morgan fingerprint density at radius 2 is 2.00 bits per heavy atom. The average Bonchev–Trinajstić information content (AvgIpc) is 1.38. The van der Waals surface area contributed by atoms with Crippen molar-refractivity contribution >= 4 is 23.2 Å². The third kappa shape index (κ3) is 4.32. The molecule has 0 saturated carbocycles. The van der Waals surface area contributed by atoms with E-state index in [0.29, 0.717) is 4.49 Å². The van der Waals surface area contributed by atoms with E-state index in [1.54, 1.807) is 13.0 Å². The predicted molar refractivity (Wildman–Crippen MR) is 27.6 cm³/mol. The van der Waals surface area contributed by atoms with E-state index in [1.165, 1.54) is 0 Å². The molecule has 2 heteroatoms. The van der Waals surface area contributed by atoms with Crippen molar-refractivity contribution in [2.24, 2.45) is 0 Å². The minimum absolute atomic E-state index is 0. The lowest BCUT2D eigenvalue weighted by Gasteiger charge is -1.66. The van der Waals surface area contributed by atoms with Gasteiger partial charge in [-0.05, 0) is 6.92 Å². The van der Waals surface area contributed by atoms with Crippen LogP contribution in [0, 0.1) is 0 Å². The normalized spacial score (nSPS) is 7.00. The molecule has 0 aromatic heterocycles. The Hall–Kier alpha value is 0.320.